The maximum Gasteiger partial charge on any atom is 0.127 e. The quantitative estimate of drug-likeness (QED) is 0.876. The fourth-order valence-electron chi connectivity index (χ4n) is 3.42. The average Bonchev–Trinajstić information content (AvgIpc) is 2.82. The molecule has 3 nitrogen and oxygen atoms in total. The molecule has 1 heterocycles. The Morgan fingerprint density at radius 1 is 1.26 bits per heavy atom. The van der Waals surface area contributed by atoms with Crippen molar-refractivity contribution in [2.75, 3.05) is 6.61 Å². The van der Waals surface area contributed by atoms with Crippen LogP contribution in [0.25, 0.3) is 0 Å². The first-order valence-electron chi connectivity index (χ1n) is 7.46. The summed E-state index contributed by atoms with van der Waals surface area (Å²) in [4.78, 5) is 0. The summed E-state index contributed by atoms with van der Waals surface area (Å²) in [5, 5.41) is 13.2. The van der Waals surface area contributed by atoms with E-state index in [-0.39, 0.29) is 11.8 Å². The van der Waals surface area contributed by atoms with Crippen LogP contribution in [0.5, 0.6) is 11.5 Å². The number of fused-ring (bicyclic) bond motifs is 1. The molecule has 3 rings (SSSR count). The molecule has 3 heteroatoms. The molecule has 0 bridgehead atoms. The minimum atomic E-state index is 0.271. The number of aromatic hydroxyl groups is 1. The number of rotatable bonds is 3. The highest BCUT2D eigenvalue weighted by Crippen LogP contribution is 2.36. The van der Waals surface area contributed by atoms with Crippen LogP contribution in [0.1, 0.15) is 50.6 Å². The molecule has 2 unspecified atom stereocenters. The van der Waals surface area contributed by atoms with Gasteiger partial charge in [0.25, 0.3) is 0 Å². The van der Waals surface area contributed by atoms with E-state index >= 15 is 0 Å². The van der Waals surface area contributed by atoms with E-state index < -0.39 is 0 Å². The molecule has 1 aliphatic heterocycles. The summed E-state index contributed by atoms with van der Waals surface area (Å²) >= 11 is 0. The van der Waals surface area contributed by atoms with Crippen molar-refractivity contribution >= 4 is 0 Å². The number of hydrogen-bond donors (Lipinski definition) is 2. The van der Waals surface area contributed by atoms with Gasteiger partial charge in [0.2, 0.25) is 0 Å². The van der Waals surface area contributed by atoms with Crippen LogP contribution in [0.3, 0.4) is 0 Å². The summed E-state index contributed by atoms with van der Waals surface area (Å²) in [5.41, 5.74) is 1.18. The Morgan fingerprint density at radius 2 is 2.05 bits per heavy atom. The molecule has 0 aromatic heterocycles. The van der Waals surface area contributed by atoms with E-state index in [4.69, 9.17) is 4.74 Å². The second-order valence-electron chi connectivity index (χ2n) is 5.94. The Morgan fingerprint density at radius 3 is 2.84 bits per heavy atom. The van der Waals surface area contributed by atoms with Gasteiger partial charge in [-0.25, -0.2) is 0 Å². The van der Waals surface area contributed by atoms with Crippen molar-refractivity contribution < 1.29 is 9.84 Å². The standard InChI is InChI=1S/C16H23NO2/c1-11(12-5-3-2-4-6-12)17-15-10-19-16-9-13(18)7-8-14(15)16/h7-9,11-12,15,17-18H,2-6,10H2,1H3. The molecular formula is C16H23NO2. The number of phenolic OH excluding ortho intramolecular Hbond substituents is 1. The first-order valence-corrected chi connectivity index (χ1v) is 7.46. The zero-order chi connectivity index (χ0) is 13.2. The Kier molecular flexibility index (Phi) is 3.65. The molecule has 1 aromatic carbocycles. The molecule has 0 amide bonds. The third-order valence-corrected chi connectivity index (χ3v) is 4.60. The van der Waals surface area contributed by atoms with Gasteiger partial charge in [-0.05, 0) is 37.8 Å². The molecule has 0 radical (unpaired) electrons. The minimum absolute atomic E-state index is 0.271. The Balaban J connectivity index is 1.65. The Labute approximate surface area is 115 Å². The van der Waals surface area contributed by atoms with Crippen molar-refractivity contribution in [2.45, 2.75) is 51.1 Å². The molecule has 1 aromatic rings. The van der Waals surface area contributed by atoms with Crippen molar-refractivity contribution in [3.8, 4) is 11.5 Å². The SMILES string of the molecule is CC(NC1COc2cc(O)ccc21)C1CCCCC1. The molecule has 2 N–H and O–H groups in total. The lowest BCUT2D eigenvalue weighted by Crippen LogP contribution is -2.37. The molecule has 0 saturated heterocycles. The summed E-state index contributed by atoms with van der Waals surface area (Å²) in [6, 6.07) is 6.24. The first kappa shape index (κ1) is 12.8. The van der Waals surface area contributed by atoms with Gasteiger partial charge in [0, 0.05) is 17.7 Å². The van der Waals surface area contributed by atoms with E-state index in [0.29, 0.717) is 12.6 Å². The predicted octanol–water partition coefficient (Wildman–Crippen LogP) is 3.38. The monoisotopic (exact) mass is 261 g/mol. The molecular weight excluding hydrogens is 238 g/mol. The van der Waals surface area contributed by atoms with Crippen LogP contribution in [-0.4, -0.2) is 17.8 Å². The highest BCUT2D eigenvalue weighted by Gasteiger charge is 2.28. The summed E-state index contributed by atoms with van der Waals surface area (Å²) in [6.45, 7) is 2.98. The van der Waals surface area contributed by atoms with Crippen LogP contribution >= 0.6 is 0 Å². The summed E-state index contributed by atoms with van der Waals surface area (Å²) in [6.07, 6.45) is 6.86. The molecule has 1 aliphatic carbocycles. The molecule has 2 atom stereocenters. The van der Waals surface area contributed by atoms with Gasteiger partial charge in [-0.1, -0.05) is 19.3 Å². The van der Waals surface area contributed by atoms with Crippen LogP contribution in [-0.2, 0) is 0 Å². The smallest absolute Gasteiger partial charge is 0.127 e. The van der Waals surface area contributed by atoms with Gasteiger partial charge in [0.1, 0.15) is 18.1 Å². The van der Waals surface area contributed by atoms with Gasteiger partial charge in [0.05, 0.1) is 6.04 Å². The molecule has 1 fully saturated rings. The zero-order valence-corrected chi connectivity index (χ0v) is 11.6. The van der Waals surface area contributed by atoms with Crippen molar-refractivity contribution in [3.63, 3.8) is 0 Å². The Hall–Kier alpha value is -1.22. The van der Waals surface area contributed by atoms with Crippen LogP contribution < -0.4 is 10.1 Å². The largest absolute Gasteiger partial charge is 0.508 e. The normalized spacial score (nSPS) is 24.8. The van der Waals surface area contributed by atoms with E-state index in [1.165, 1.54) is 37.7 Å². The molecule has 0 spiro atoms. The second kappa shape index (κ2) is 5.41. The predicted molar refractivity (Wildman–Crippen MR) is 75.5 cm³/mol. The lowest BCUT2D eigenvalue weighted by Gasteiger charge is -2.30. The third kappa shape index (κ3) is 2.71. The fraction of sp³-hybridized carbons (Fsp3) is 0.625. The highest BCUT2D eigenvalue weighted by molar-refractivity contribution is 5.44. The van der Waals surface area contributed by atoms with Gasteiger partial charge in [0.15, 0.2) is 0 Å². The van der Waals surface area contributed by atoms with Crippen LogP contribution in [0.15, 0.2) is 18.2 Å². The number of benzene rings is 1. The van der Waals surface area contributed by atoms with E-state index in [0.717, 1.165) is 11.7 Å². The zero-order valence-electron chi connectivity index (χ0n) is 11.6. The van der Waals surface area contributed by atoms with Crippen molar-refractivity contribution in [1.29, 1.82) is 0 Å². The van der Waals surface area contributed by atoms with Crippen LogP contribution in [0.2, 0.25) is 0 Å². The van der Waals surface area contributed by atoms with Crippen molar-refractivity contribution in [2.24, 2.45) is 5.92 Å². The van der Waals surface area contributed by atoms with Crippen LogP contribution in [0.4, 0.5) is 0 Å². The first-order chi connectivity index (χ1) is 9.24. The second-order valence-corrected chi connectivity index (χ2v) is 5.94. The number of nitrogens with one attached hydrogen (secondary N) is 1. The number of ether oxygens (including phenoxy) is 1. The van der Waals surface area contributed by atoms with Gasteiger partial charge in [-0.15, -0.1) is 0 Å². The van der Waals surface area contributed by atoms with Crippen LogP contribution in [0, 0.1) is 5.92 Å². The van der Waals surface area contributed by atoms with E-state index in [2.05, 4.69) is 12.2 Å². The lowest BCUT2D eigenvalue weighted by atomic mass is 9.84. The summed E-state index contributed by atoms with van der Waals surface area (Å²) in [7, 11) is 0. The van der Waals surface area contributed by atoms with Gasteiger partial charge in [-0.3, -0.25) is 0 Å². The van der Waals surface area contributed by atoms with Crippen molar-refractivity contribution in [1.82, 2.24) is 5.32 Å². The molecule has 104 valence electrons. The average molecular weight is 261 g/mol. The minimum Gasteiger partial charge on any atom is -0.508 e. The maximum absolute atomic E-state index is 9.47. The summed E-state index contributed by atoms with van der Waals surface area (Å²) < 4.78 is 5.66. The maximum atomic E-state index is 9.47. The van der Waals surface area contributed by atoms with Gasteiger partial charge >= 0.3 is 0 Å². The number of phenols is 1. The Bertz CT molecular complexity index is 440. The fourth-order valence-corrected chi connectivity index (χ4v) is 3.42. The molecule has 2 aliphatic rings. The number of hydrogen-bond acceptors (Lipinski definition) is 3. The molecule has 19 heavy (non-hydrogen) atoms. The van der Waals surface area contributed by atoms with Gasteiger partial charge < -0.3 is 15.2 Å². The topological polar surface area (TPSA) is 41.5 Å². The summed E-state index contributed by atoms with van der Waals surface area (Å²) in [5.74, 6) is 1.91. The van der Waals surface area contributed by atoms with E-state index in [1.807, 2.05) is 6.07 Å². The van der Waals surface area contributed by atoms with E-state index in [9.17, 15) is 5.11 Å². The van der Waals surface area contributed by atoms with Gasteiger partial charge in [-0.2, -0.15) is 0 Å². The van der Waals surface area contributed by atoms with Crippen molar-refractivity contribution in [3.05, 3.63) is 23.8 Å². The van der Waals surface area contributed by atoms with E-state index in [1.54, 1.807) is 12.1 Å². The third-order valence-electron chi connectivity index (χ3n) is 4.60. The lowest BCUT2D eigenvalue weighted by molar-refractivity contribution is 0.241. The molecule has 1 saturated carbocycles. The highest BCUT2D eigenvalue weighted by atomic mass is 16.5.